The number of hydrogen-bond donors (Lipinski definition) is 2. The first-order valence-corrected chi connectivity index (χ1v) is 3.93. The molecule has 0 aromatic carbocycles. The van der Waals surface area contributed by atoms with Crippen molar-refractivity contribution in [1.82, 2.24) is 5.32 Å². The average molecular weight is 154 g/mol. The zero-order valence-electron chi connectivity index (χ0n) is 7.86. The summed E-state index contributed by atoms with van der Waals surface area (Å²) < 4.78 is 0. The van der Waals surface area contributed by atoms with Crippen LogP contribution in [-0.4, -0.2) is 7.05 Å². The predicted octanol–water partition coefficient (Wildman–Crippen LogP) is 1.75. The molecule has 0 heterocycles. The smallest absolute Gasteiger partial charge is 0.0320 e. The maximum atomic E-state index is 5.77. The molecular formula is C9H18N2. The highest BCUT2D eigenvalue weighted by atomic mass is 14.8. The van der Waals surface area contributed by atoms with Crippen molar-refractivity contribution in [2.45, 2.75) is 27.2 Å². The molecule has 11 heavy (non-hydrogen) atoms. The largest absolute Gasteiger partial charge is 0.399 e. The molecule has 0 amide bonds. The van der Waals surface area contributed by atoms with Crippen LogP contribution in [0.3, 0.4) is 0 Å². The number of nitrogens with one attached hydrogen (secondary N) is 1. The molecular weight excluding hydrogens is 136 g/mol. The molecule has 2 heteroatoms. The van der Waals surface area contributed by atoms with Crippen LogP contribution in [0.2, 0.25) is 0 Å². The Kier molecular flexibility index (Phi) is 4.42. The Bertz CT molecular complexity index is 178. The second-order valence-electron chi connectivity index (χ2n) is 2.67. The summed E-state index contributed by atoms with van der Waals surface area (Å²) in [6.07, 6.45) is 2.97. The Morgan fingerprint density at radius 2 is 2.00 bits per heavy atom. The van der Waals surface area contributed by atoms with Crippen LogP contribution in [-0.2, 0) is 0 Å². The fraction of sp³-hybridized carbons (Fsp3) is 0.556. The van der Waals surface area contributed by atoms with E-state index in [1.165, 1.54) is 5.57 Å². The molecule has 0 aromatic rings. The van der Waals surface area contributed by atoms with Gasteiger partial charge in [0.05, 0.1) is 0 Å². The normalized spacial score (nSPS) is 14.4. The van der Waals surface area contributed by atoms with Gasteiger partial charge in [-0.1, -0.05) is 12.5 Å². The average Bonchev–Trinajstić information content (AvgIpc) is 2.02. The zero-order valence-corrected chi connectivity index (χ0v) is 7.86. The SMILES string of the molecule is CCC(C)=C(N)/C=C(/C)NC. The first-order valence-electron chi connectivity index (χ1n) is 3.93. The number of rotatable bonds is 3. The lowest BCUT2D eigenvalue weighted by Crippen LogP contribution is -2.05. The Labute approximate surface area is 69.2 Å². The molecule has 0 aromatic heterocycles. The molecule has 0 aliphatic rings. The van der Waals surface area contributed by atoms with Crippen molar-refractivity contribution in [2.24, 2.45) is 5.73 Å². The second-order valence-corrected chi connectivity index (χ2v) is 2.67. The second kappa shape index (κ2) is 4.83. The van der Waals surface area contributed by atoms with E-state index in [2.05, 4.69) is 19.2 Å². The van der Waals surface area contributed by atoms with Crippen LogP contribution in [0.1, 0.15) is 27.2 Å². The van der Waals surface area contributed by atoms with Crippen molar-refractivity contribution in [3.63, 3.8) is 0 Å². The highest BCUT2D eigenvalue weighted by molar-refractivity contribution is 5.23. The molecule has 0 spiro atoms. The Morgan fingerprint density at radius 1 is 1.45 bits per heavy atom. The van der Waals surface area contributed by atoms with Crippen LogP contribution in [0.5, 0.6) is 0 Å². The van der Waals surface area contributed by atoms with Gasteiger partial charge in [0.1, 0.15) is 0 Å². The van der Waals surface area contributed by atoms with Crippen LogP contribution < -0.4 is 11.1 Å². The van der Waals surface area contributed by atoms with Crippen molar-refractivity contribution < 1.29 is 0 Å². The topological polar surface area (TPSA) is 38.0 Å². The van der Waals surface area contributed by atoms with Gasteiger partial charge in [-0.15, -0.1) is 0 Å². The molecule has 0 atom stereocenters. The van der Waals surface area contributed by atoms with E-state index in [4.69, 9.17) is 5.73 Å². The maximum absolute atomic E-state index is 5.77. The molecule has 2 nitrogen and oxygen atoms in total. The first kappa shape index (κ1) is 10.1. The van der Waals surface area contributed by atoms with Crippen LogP contribution in [0.25, 0.3) is 0 Å². The fourth-order valence-electron chi connectivity index (χ4n) is 0.633. The number of allylic oxidation sites excluding steroid dienone is 3. The van der Waals surface area contributed by atoms with Gasteiger partial charge in [0.25, 0.3) is 0 Å². The molecule has 0 aliphatic carbocycles. The van der Waals surface area contributed by atoms with Crippen molar-refractivity contribution in [3.8, 4) is 0 Å². The van der Waals surface area contributed by atoms with Gasteiger partial charge < -0.3 is 11.1 Å². The summed E-state index contributed by atoms with van der Waals surface area (Å²) in [5.41, 5.74) is 8.97. The van der Waals surface area contributed by atoms with E-state index in [1.807, 2.05) is 20.0 Å². The third-order valence-electron chi connectivity index (χ3n) is 1.79. The lowest BCUT2D eigenvalue weighted by atomic mass is 10.1. The Morgan fingerprint density at radius 3 is 2.36 bits per heavy atom. The standard InChI is InChI=1S/C9H18N2/c1-5-7(2)9(10)6-8(3)11-4/h6,11H,5,10H2,1-4H3/b8-6-,9-7?. The van der Waals surface area contributed by atoms with E-state index in [0.29, 0.717) is 0 Å². The minimum absolute atomic E-state index is 0.874. The Balaban J connectivity index is 4.37. The van der Waals surface area contributed by atoms with Crippen molar-refractivity contribution in [2.75, 3.05) is 7.05 Å². The van der Waals surface area contributed by atoms with E-state index in [-0.39, 0.29) is 0 Å². The van der Waals surface area contributed by atoms with Crippen LogP contribution in [0.15, 0.2) is 23.0 Å². The third-order valence-corrected chi connectivity index (χ3v) is 1.79. The van der Waals surface area contributed by atoms with Crippen LogP contribution >= 0.6 is 0 Å². The van der Waals surface area contributed by atoms with Gasteiger partial charge >= 0.3 is 0 Å². The Hall–Kier alpha value is -0.920. The van der Waals surface area contributed by atoms with E-state index >= 15 is 0 Å². The van der Waals surface area contributed by atoms with Gasteiger partial charge in [-0.05, 0) is 26.3 Å². The van der Waals surface area contributed by atoms with Crippen molar-refractivity contribution in [3.05, 3.63) is 23.0 Å². The summed E-state index contributed by atoms with van der Waals surface area (Å²) in [4.78, 5) is 0. The lowest BCUT2D eigenvalue weighted by Gasteiger charge is -2.02. The highest BCUT2D eigenvalue weighted by Crippen LogP contribution is 2.04. The molecule has 0 saturated carbocycles. The number of nitrogens with two attached hydrogens (primary N) is 1. The predicted molar refractivity (Wildman–Crippen MR) is 50.0 cm³/mol. The molecule has 0 aliphatic heterocycles. The van der Waals surface area contributed by atoms with Crippen LogP contribution in [0, 0.1) is 0 Å². The molecule has 0 rings (SSSR count). The molecule has 64 valence electrons. The molecule has 0 bridgehead atoms. The molecule has 0 saturated heterocycles. The summed E-state index contributed by atoms with van der Waals surface area (Å²) in [6.45, 7) is 6.15. The first-order chi connectivity index (χ1) is 5.11. The van der Waals surface area contributed by atoms with Gasteiger partial charge in [0, 0.05) is 18.4 Å². The maximum Gasteiger partial charge on any atom is 0.0320 e. The summed E-state index contributed by atoms with van der Waals surface area (Å²) in [6, 6.07) is 0. The summed E-state index contributed by atoms with van der Waals surface area (Å²) in [5, 5.41) is 3.02. The molecule has 0 unspecified atom stereocenters. The van der Waals surface area contributed by atoms with E-state index in [0.717, 1.165) is 17.8 Å². The van der Waals surface area contributed by atoms with Crippen LogP contribution in [0.4, 0.5) is 0 Å². The molecule has 0 fully saturated rings. The molecule has 0 radical (unpaired) electrons. The summed E-state index contributed by atoms with van der Waals surface area (Å²) >= 11 is 0. The zero-order chi connectivity index (χ0) is 8.85. The van der Waals surface area contributed by atoms with Crippen molar-refractivity contribution in [1.29, 1.82) is 0 Å². The minimum atomic E-state index is 0.874. The number of hydrogen-bond acceptors (Lipinski definition) is 2. The van der Waals surface area contributed by atoms with Gasteiger partial charge in [-0.25, -0.2) is 0 Å². The summed E-state index contributed by atoms with van der Waals surface area (Å²) in [5.74, 6) is 0. The van der Waals surface area contributed by atoms with Crippen molar-refractivity contribution >= 4 is 0 Å². The van der Waals surface area contributed by atoms with E-state index in [1.54, 1.807) is 0 Å². The van der Waals surface area contributed by atoms with Gasteiger partial charge in [0.2, 0.25) is 0 Å². The van der Waals surface area contributed by atoms with Gasteiger partial charge in [-0.3, -0.25) is 0 Å². The van der Waals surface area contributed by atoms with E-state index < -0.39 is 0 Å². The summed E-state index contributed by atoms with van der Waals surface area (Å²) in [7, 11) is 1.89. The lowest BCUT2D eigenvalue weighted by molar-refractivity contribution is 0.976. The van der Waals surface area contributed by atoms with E-state index in [9.17, 15) is 0 Å². The van der Waals surface area contributed by atoms with Gasteiger partial charge in [0.15, 0.2) is 0 Å². The minimum Gasteiger partial charge on any atom is -0.399 e. The van der Waals surface area contributed by atoms with Gasteiger partial charge in [-0.2, -0.15) is 0 Å². The fourth-order valence-corrected chi connectivity index (χ4v) is 0.633. The monoisotopic (exact) mass is 154 g/mol. The third kappa shape index (κ3) is 3.71. The molecule has 3 N–H and O–H groups in total. The quantitative estimate of drug-likeness (QED) is 0.608. The highest BCUT2D eigenvalue weighted by Gasteiger charge is 1.91.